The second-order valence-electron chi connectivity index (χ2n) is 2.97. The average Bonchev–Trinajstić information content (AvgIpc) is 2.18. The van der Waals surface area contributed by atoms with Gasteiger partial charge in [0.25, 0.3) is 5.88 Å². The number of aliphatic hydroxyl groups excluding tert-OH is 1. The van der Waals surface area contributed by atoms with E-state index >= 15 is 0 Å². The van der Waals surface area contributed by atoms with E-state index in [0.717, 1.165) is 0 Å². The van der Waals surface area contributed by atoms with Gasteiger partial charge in [0.15, 0.2) is 5.75 Å². The normalized spacial score (nSPS) is 11.4. The summed E-state index contributed by atoms with van der Waals surface area (Å²) in [7, 11) is 1.21. The van der Waals surface area contributed by atoms with Crippen LogP contribution in [0.1, 0.15) is 11.3 Å². The van der Waals surface area contributed by atoms with Crippen molar-refractivity contribution in [3.05, 3.63) is 17.3 Å². The number of ether oxygens (including phenoxy) is 2. The van der Waals surface area contributed by atoms with Gasteiger partial charge in [-0.1, -0.05) is 0 Å². The van der Waals surface area contributed by atoms with Gasteiger partial charge in [0, 0.05) is 0 Å². The summed E-state index contributed by atoms with van der Waals surface area (Å²) in [5, 5.41) is 8.86. The lowest BCUT2D eigenvalue weighted by Gasteiger charge is -2.13. The van der Waals surface area contributed by atoms with Crippen LogP contribution in [-0.4, -0.2) is 23.6 Å². The Hall–Kier alpha value is -1.50. The predicted molar refractivity (Wildman–Crippen MR) is 48.1 cm³/mol. The topological polar surface area (TPSA) is 51.6 Å². The smallest absolute Gasteiger partial charge is 0.491 e. The van der Waals surface area contributed by atoms with Crippen molar-refractivity contribution < 1.29 is 27.8 Å². The largest absolute Gasteiger partial charge is 0.574 e. The summed E-state index contributed by atoms with van der Waals surface area (Å²) in [6.07, 6.45) is -4.84. The molecule has 1 aromatic heterocycles. The highest BCUT2D eigenvalue weighted by atomic mass is 19.4. The number of aryl methyl sites for hydroxylation is 1. The van der Waals surface area contributed by atoms with E-state index in [-0.39, 0.29) is 11.4 Å². The average molecular weight is 237 g/mol. The van der Waals surface area contributed by atoms with Gasteiger partial charge in [-0.05, 0) is 18.6 Å². The van der Waals surface area contributed by atoms with Crippen LogP contribution in [0.4, 0.5) is 13.2 Å². The van der Waals surface area contributed by atoms with Crippen LogP contribution in [0.3, 0.4) is 0 Å². The van der Waals surface area contributed by atoms with E-state index in [0.29, 0.717) is 5.56 Å². The fraction of sp³-hybridized carbons (Fsp3) is 0.444. The van der Waals surface area contributed by atoms with Crippen molar-refractivity contribution in [3.63, 3.8) is 0 Å². The third kappa shape index (κ3) is 2.99. The van der Waals surface area contributed by atoms with Crippen LogP contribution in [-0.2, 0) is 6.61 Å². The Morgan fingerprint density at radius 1 is 1.44 bits per heavy atom. The predicted octanol–water partition coefficient (Wildman–Crippen LogP) is 1.79. The second-order valence-corrected chi connectivity index (χ2v) is 2.97. The van der Waals surface area contributed by atoms with Crippen LogP contribution in [0.15, 0.2) is 6.07 Å². The fourth-order valence-corrected chi connectivity index (χ4v) is 1.10. The first-order valence-corrected chi connectivity index (χ1v) is 4.28. The summed E-state index contributed by atoms with van der Waals surface area (Å²) >= 11 is 0. The molecule has 1 aromatic rings. The van der Waals surface area contributed by atoms with Crippen LogP contribution in [0, 0.1) is 6.92 Å². The molecule has 0 amide bonds. The highest BCUT2D eigenvalue weighted by molar-refractivity contribution is 5.39. The molecule has 0 unspecified atom stereocenters. The minimum Gasteiger partial charge on any atom is -0.491 e. The highest BCUT2D eigenvalue weighted by Gasteiger charge is 2.33. The molecule has 0 bridgehead atoms. The molecule has 0 aromatic carbocycles. The number of alkyl halides is 3. The molecule has 0 saturated carbocycles. The van der Waals surface area contributed by atoms with Crippen LogP contribution < -0.4 is 9.47 Å². The monoisotopic (exact) mass is 237 g/mol. The summed E-state index contributed by atoms with van der Waals surface area (Å²) in [5.41, 5.74) is 0.633. The molecule has 0 radical (unpaired) electrons. The number of hydrogen-bond acceptors (Lipinski definition) is 4. The first kappa shape index (κ1) is 12.6. The van der Waals surface area contributed by atoms with Gasteiger partial charge >= 0.3 is 6.36 Å². The fourth-order valence-electron chi connectivity index (χ4n) is 1.10. The number of aromatic nitrogens is 1. The Kier molecular flexibility index (Phi) is 3.58. The number of methoxy groups -OCH3 is 1. The number of aliphatic hydroxyl groups is 1. The molecular formula is C9H10F3NO3. The van der Waals surface area contributed by atoms with Gasteiger partial charge < -0.3 is 14.6 Å². The Balaban J connectivity index is 3.15. The first-order chi connectivity index (χ1) is 7.37. The molecule has 1 N–H and O–H groups in total. The SMILES string of the molecule is COc1cc(C)c(CO)nc1OC(F)(F)F. The molecule has 0 aliphatic heterocycles. The standard InChI is InChI=1S/C9H10F3NO3/c1-5-3-7(15-2)8(13-6(5)4-14)16-9(10,11)12/h3,14H,4H2,1-2H3. The van der Waals surface area contributed by atoms with Gasteiger partial charge in [-0.15, -0.1) is 13.2 Å². The highest BCUT2D eigenvalue weighted by Crippen LogP contribution is 2.31. The summed E-state index contributed by atoms with van der Waals surface area (Å²) in [4.78, 5) is 3.53. The lowest BCUT2D eigenvalue weighted by Crippen LogP contribution is -2.19. The zero-order valence-corrected chi connectivity index (χ0v) is 8.63. The van der Waals surface area contributed by atoms with E-state index in [1.807, 2.05) is 0 Å². The molecule has 0 fully saturated rings. The molecule has 90 valence electrons. The maximum Gasteiger partial charge on any atom is 0.574 e. The third-order valence-electron chi connectivity index (χ3n) is 1.83. The lowest BCUT2D eigenvalue weighted by atomic mass is 10.2. The first-order valence-electron chi connectivity index (χ1n) is 4.28. The van der Waals surface area contributed by atoms with Crippen LogP contribution in [0.2, 0.25) is 0 Å². The molecule has 4 nitrogen and oxygen atoms in total. The molecule has 0 aliphatic rings. The Bertz CT molecular complexity index is 379. The minimum absolute atomic E-state index is 0.111. The summed E-state index contributed by atoms with van der Waals surface area (Å²) in [5.74, 6) is -0.836. The quantitative estimate of drug-likeness (QED) is 0.870. The summed E-state index contributed by atoms with van der Waals surface area (Å²) in [6.45, 7) is 1.13. The van der Waals surface area contributed by atoms with E-state index in [4.69, 9.17) is 9.84 Å². The van der Waals surface area contributed by atoms with Gasteiger partial charge in [-0.3, -0.25) is 0 Å². The van der Waals surface area contributed by atoms with Crippen molar-refractivity contribution in [2.45, 2.75) is 19.9 Å². The van der Waals surface area contributed by atoms with E-state index in [2.05, 4.69) is 9.72 Å². The number of nitrogens with zero attached hydrogens (tertiary/aromatic N) is 1. The molecule has 0 spiro atoms. The molecular weight excluding hydrogens is 227 g/mol. The summed E-state index contributed by atoms with van der Waals surface area (Å²) in [6, 6.07) is 1.32. The van der Waals surface area contributed by atoms with Gasteiger partial charge in [-0.2, -0.15) is 0 Å². The molecule has 0 saturated heterocycles. The van der Waals surface area contributed by atoms with Crippen molar-refractivity contribution in [1.82, 2.24) is 4.98 Å². The maximum absolute atomic E-state index is 12.0. The third-order valence-corrected chi connectivity index (χ3v) is 1.83. The summed E-state index contributed by atoms with van der Waals surface area (Å²) < 4.78 is 44.4. The van der Waals surface area contributed by atoms with Crippen LogP contribution >= 0.6 is 0 Å². The second kappa shape index (κ2) is 4.56. The van der Waals surface area contributed by atoms with Gasteiger partial charge in [0.05, 0.1) is 19.4 Å². The Labute approximate surface area is 89.6 Å². The van der Waals surface area contributed by atoms with E-state index < -0.39 is 18.8 Å². The van der Waals surface area contributed by atoms with Gasteiger partial charge in [-0.25, -0.2) is 4.98 Å². The van der Waals surface area contributed by atoms with Crippen molar-refractivity contribution in [3.8, 4) is 11.6 Å². The van der Waals surface area contributed by atoms with Crippen molar-refractivity contribution in [2.24, 2.45) is 0 Å². The van der Waals surface area contributed by atoms with E-state index in [1.165, 1.54) is 13.2 Å². The molecule has 1 rings (SSSR count). The van der Waals surface area contributed by atoms with E-state index in [1.54, 1.807) is 6.92 Å². The molecule has 1 heterocycles. The maximum atomic E-state index is 12.0. The number of pyridine rings is 1. The van der Waals surface area contributed by atoms with Gasteiger partial charge in [0.2, 0.25) is 0 Å². The van der Waals surface area contributed by atoms with Crippen LogP contribution in [0.25, 0.3) is 0 Å². The van der Waals surface area contributed by atoms with Crippen molar-refractivity contribution >= 4 is 0 Å². The molecule has 0 aliphatic carbocycles. The van der Waals surface area contributed by atoms with Gasteiger partial charge in [0.1, 0.15) is 0 Å². The van der Waals surface area contributed by atoms with E-state index in [9.17, 15) is 13.2 Å². The Morgan fingerprint density at radius 3 is 2.50 bits per heavy atom. The number of hydrogen-bond donors (Lipinski definition) is 1. The zero-order valence-electron chi connectivity index (χ0n) is 8.63. The van der Waals surface area contributed by atoms with Crippen molar-refractivity contribution in [1.29, 1.82) is 0 Å². The molecule has 0 atom stereocenters. The Morgan fingerprint density at radius 2 is 2.06 bits per heavy atom. The number of rotatable bonds is 3. The van der Waals surface area contributed by atoms with Crippen molar-refractivity contribution in [2.75, 3.05) is 7.11 Å². The van der Waals surface area contributed by atoms with Crippen LogP contribution in [0.5, 0.6) is 11.6 Å². The number of halogens is 3. The zero-order chi connectivity index (χ0) is 12.3. The lowest BCUT2D eigenvalue weighted by molar-refractivity contribution is -0.276. The molecule has 7 heteroatoms. The molecule has 16 heavy (non-hydrogen) atoms. The minimum atomic E-state index is -4.84.